The minimum Gasteiger partial charge on any atom is -0.507 e. The van der Waals surface area contributed by atoms with Crippen LogP contribution in [0.2, 0.25) is 5.02 Å². The van der Waals surface area contributed by atoms with Gasteiger partial charge in [-0.15, -0.1) is 0 Å². The molecule has 0 heterocycles. The van der Waals surface area contributed by atoms with Crippen molar-refractivity contribution < 1.29 is 15.0 Å². The topological polar surface area (TPSA) is 85.2 Å². The van der Waals surface area contributed by atoms with E-state index in [-0.39, 0.29) is 17.9 Å². The number of aromatic hydroxyl groups is 1. The van der Waals surface area contributed by atoms with Gasteiger partial charge in [0.15, 0.2) is 0 Å². The van der Waals surface area contributed by atoms with E-state index in [4.69, 9.17) is 16.7 Å². The first-order valence-corrected chi connectivity index (χ1v) is 8.62. The number of aliphatic hydroxyl groups excluding tert-OH is 1. The maximum Gasteiger partial charge on any atom is 0.275 e. The van der Waals surface area contributed by atoms with Gasteiger partial charge in [-0.25, -0.2) is 5.43 Å². The normalized spacial score (nSPS) is 10.9. The number of benzene rings is 2. The van der Waals surface area contributed by atoms with Crippen molar-refractivity contribution in [3.05, 3.63) is 58.1 Å². The van der Waals surface area contributed by atoms with E-state index < -0.39 is 5.91 Å². The molecule has 0 aliphatic carbocycles. The average Bonchev–Trinajstić information content (AvgIpc) is 2.62. The summed E-state index contributed by atoms with van der Waals surface area (Å²) < 4.78 is 0. The second-order valence-electron chi connectivity index (χ2n) is 5.70. The number of phenolic OH excluding ortho intramolecular Hbond substituents is 1. The molecule has 0 saturated heterocycles. The molecular formula is C19H22ClN3O3. The van der Waals surface area contributed by atoms with Crippen LogP contribution in [0.25, 0.3) is 0 Å². The molecule has 3 N–H and O–H groups in total. The van der Waals surface area contributed by atoms with Crippen molar-refractivity contribution in [2.45, 2.75) is 13.8 Å². The number of carbonyl (C=O) groups is 1. The Balaban J connectivity index is 2.08. The summed E-state index contributed by atoms with van der Waals surface area (Å²) in [6.45, 7) is 5.44. The number of likely N-dealkylation sites (N-methyl/N-ethyl adjacent to an activating group) is 1. The Bertz CT molecular complexity index is 809. The number of halogens is 1. The number of phenols is 1. The fourth-order valence-electron chi connectivity index (χ4n) is 2.50. The molecule has 0 radical (unpaired) electrons. The second kappa shape index (κ2) is 9.22. The van der Waals surface area contributed by atoms with Gasteiger partial charge in [0, 0.05) is 23.8 Å². The molecule has 138 valence electrons. The van der Waals surface area contributed by atoms with E-state index in [1.54, 1.807) is 6.21 Å². The first-order valence-electron chi connectivity index (χ1n) is 8.24. The first kappa shape index (κ1) is 19.8. The number of nitrogens with zero attached hydrogens (tertiary/aromatic N) is 2. The molecule has 0 aliphatic heterocycles. The van der Waals surface area contributed by atoms with E-state index in [0.717, 1.165) is 23.4 Å². The van der Waals surface area contributed by atoms with Gasteiger partial charge in [-0.2, -0.15) is 5.10 Å². The molecule has 0 aliphatic rings. The lowest BCUT2D eigenvalue weighted by Crippen LogP contribution is -2.26. The summed E-state index contributed by atoms with van der Waals surface area (Å²) in [6, 6.07) is 10.1. The number of hydrogen-bond donors (Lipinski definition) is 3. The molecule has 0 fully saturated rings. The van der Waals surface area contributed by atoms with Crippen molar-refractivity contribution in [1.82, 2.24) is 5.43 Å². The van der Waals surface area contributed by atoms with Crippen molar-refractivity contribution in [2.24, 2.45) is 5.10 Å². The molecule has 2 aromatic carbocycles. The van der Waals surface area contributed by atoms with E-state index in [1.165, 1.54) is 18.2 Å². The van der Waals surface area contributed by atoms with Crippen LogP contribution in [0.15, 0.2) is 41.5 Å². The molecule has 0 bridgehead atoms. The van der Waals surface area contributed by atoms with Crippen LogP contribution in [0, 0.1) is 6.92 Å². The molecular weight excluding hydrogens is 354 g/mol. The minimum atomic E-state index is -0.546. The molecule has 6 nitrogen and oxygen atoms in total. The summed E-state index contributed by atoms with van der Waals surface area (Å²) in [5.74, 6) is -0.707. The number of aryl methyl sites for hydroxylation is 1. The Morgan fingerprint density at radius 3 is 2.73 bits per heavy atom. The summed E-state index contributed by atoms with van der Waals surface area (Å²) in [4.78, 5) is 14.1. The Hall–Kier alpha value is -2.57. The number of rotatable bonds is 7. The van der Waals surface area contributed by atoms with Crippen LogP contribution in [0.1, 0.15) is 28.4 Å². The predicted octanol–water partition coefficient (Wildman–Crippen LogP) is 2.94. The molecule has 1 amide bonds. The smallest absolute Gasteiger partial charge is 0.275 e. The number of aliphatic hydroxyl groups is 1. The average molecular weight is 376 g/mol. The summed E-state index contributed by atoms with van der Waals surface area (Å²) in [7, 11) is 0. The fourth-order valence-corrected chi connectivity index (χ4v) is 2.67. The van der Waals surface area contributed by atoms with E-state index in [2.05, 4.69) is 15.4 Å². The number of anilines is 1. The van der Waals surface area contributed by atoms with E-state index in [9.17, 15) is 9.90 Å². The van der Waals surface area contributed by atoms with Gasteiger partial charge in [0.25, 0.3) is 5.91 Å². The van der Waals surface area contributed by atoms with Gasteiger partial charge >= 0.3 is 0 Å². The van der Waals surface area contributed by atoms with Crippen LogP contribution >= 0.6 is 11.6 Å². The van der Waals surface area contributed by atoms with Crippen molar-refractivity contribution in [3.63, 3.8) is 0 Å². The lowest BCUT2D eigenvalue weighted by molar-refractivity contribution is 0.0952. The minimum absolute atomic E-state index is 0.0595. The highest BCUT2D eigenvalue weighted by atomic mass is 35.5. The Kier molecular flexibility index (Phi) is 7.00. The lowest BCUT2D eigenvalue weighted by atomic mass is 10.1. The van der Waals surface area contributed by atoms with Gasteiger partial charge in [-0.05, 0) is 55.3 Å². The molecule has 2 aromatic rings. The van der Waals surface area contributed by atoms with Crippen molar-refractivity contribution in [2.75, 3.05) is 24.6 Å². The summed E-state index contributed by atoms with van der Waals surface area (Å²) >= 11 is 5.84. The second-order valence-corrected chi connectivity index (χ2v) is 6.14. The molecule has 0 aromatic heterocycles. The molecule has 7 heteroatoms. The van der Waals surface area contributed by atoms with Crippen molar-refractivity contribution >= 4 is 29.4 Å². The maximum atomic E-state index is 12.1. The molecule has 0 saturated carbocycles. The number of amides is 1. The highest BCUT2D eigenvalue weighted by Gasteiger charge is 2.11. The zero-order valence-corrected chi connectivity index (χ0v) is 15.5. The van der Waals surface area contributed by atoms with Crippen LogP contribution in [0.3, 0.4) is 0 Å². The molecule has 26 heavy (non-hydrogen) atoms. The Morgan fingerprint density at radius 2 is 2.08 bits per heavy atom. The van der Waals surface area contributed by atoms with Gasteiger partial charge in [0.1, 0.15) is 5.75 Å². The first-order chi connectivity index (χ1) is 12.5. The molecule has 0 unspecified atom stereocenters. The molecule has 0 atom stereocenters. The van der Waals surface area contributed by atoms with E-state index in [1.807, 2.05) is 32.0 Å². The largest absolute Gasteiger partial charge is 0.507 e. The third kappa shape index (κ3) is 4.97. The highest BCUT2D eigenvalue weighted by molar-refractivity contribution is 6.31. The molecule has 2 rings (SSSR count). The highest BCUT2D eigenvalue weighted by Crippen LogP contribution is 2.21. The van der Waals surface area contributed by atoms with Gasteiger partial charge in [-0.1, -0.05) is 17.7 Å². The SMILES string of the molecule is CCN(CCO)c1ccc(/C=N\NC(=O)c2cc(Cl)ccc2O)c(C)c1. The van der Waals surface area contributed by atoms with Crippen LogP contribution < -0.4 is 10.3 Å². The Labute approximate surface area is 157 Å². The number of carbonyl (C=O) groups excluding carboxylic acids is 1. The van der Waals surface area contributed by atoms with Gasteiger partial charge in [0.2, 0.25) is 0 Å². The quantitative estimate of drug-likeness (QED) is 0.513. The van der Waals surface area contributed by atoms with Gasteiger partial charge in [-0.3, -0.25) is 4.79 Å². The zero-order chi connectivity index (χ0) is 19.1. The van der Waals surface area contributed by atoms with Crippen LogP contribution in [-0.2, 0) is 0 Å². The third-order valence-electron chi connectivity index (χ3n) is 3.94. The van der Waals surface area contributed by atoms with Crippen LogP contribution in [-0.4, -0.2) is 42.0 Å². The standard InChI is InChI=1S/C19H22ClN3O3/c1-3-23(8-9-24)16-6-4-14(13(2)10-16)12-21-22-19(26)17-11-15(20)5-7-18(17)25/h4-7,10-12,24-25H,3,8-9H2,1-2H3,(H,22,26)/b21-12-. The fraction of sp³-hybridized carbons (Fsp3) is 0.263. The maximum absolute atomic E-state index is 12.1. The van der Waals surface area contributed by atoms with E-state index >= 15 is 0 Å². The summed E-state index contributed by atoms with van der Waals surface area (Å²) in [5.41, 5.74) is 5.30. The van der Waals surface area contributed by atoms with Crippen molar-refractivity contribution in [1.29, 1.82) is 0 Å². The molecule has 0 spiro atoms. The van der Waals surface area contributed by atoms with E-state index in [0.29, 0.717) is 11.6 Å². The van der Waals surface area contributed by atoms with Crippen molar-refractivity contribution in [3.8, 4) is 5.75 Å². The predicted molar refractivity (Wildman–Crippen MR) is 104 cm³/mol. The van der Waals surface area contributed by atoms with Crippen LogP contribution in [0.5, 0.6) is 5.75 Å². The van der Waals surface area contributed by atoms with Gasteiger partial charge < -0.3 is 15.1 Å². The number of nitrogens with one attached hydrogen (secondary N) is 1. The van der Waals surface area contributed by atoms with Gasteiger partial charge in [0.05, 0.1) is 18.4 Å². The summed E-state index contributed by atoms with van der Waals surface area (Å²) in [6.07, 6.45) is 1.54. The lowest BCUT2D eigenvalue weighted by Gasteiger charge is -2.22. The monoisotopic (exact) mass is 375 g/mol. The third-order valence-corrected chi connectivity index (χ3v) is 4.18. The number of hydrogen-bond acceptors (Lipinski definition) is 5. The zero-order valence-electron chi connectivity index (χ0n) is 14.7. The summed E-state index contributed by atoms with van der Waals surface area (Å²) in [5, 5.41) is 23.1. The Morgan fingerprint density at radius 1 is 1.31 bits per heavy atom. The number of hydrazone groups is 1. The van der Waals surface area contributed by atoms with Crippen LogP contribution in [0.4, 0.5) is 5.69 Å².